The third-order valence-corrected chi connectivity index (χ3v) is 4.10. The van der Waals surface area contributed by atoms with E-state index in [9.17, 15) is 9.90 Å². The van der Waals surface area contributed by atoms with Crippen LogP contribution in [0.2, 0.25) is 0 Å². The van der Waals surface area contributed by atoms with Crippen molar-refractivity contribution in [3.05, 3.63) is 36.0 Å². The number of carbonyl (C=O) groups is 1. The molecule has 2 aromatic rings. The van der Waals surface area contributed by atoms with Gasteiger partial charge in [-0.05, 0) is 25.5 Å². The highest BCUT2D eigenvalue weighted by atomic mass is 32.2. The highest BCUT2D eigenvalue weighted by molar-refractivity contribution is 7.99. The lowest BCUT2D eigenvalue weighted by Crippen LogP contribution is -2.06. The van der Waals surface area contributed by atoms with Crippen LogP contribution in [0.4, 0.5) is 0 Å². The molecular formula is C15H20N2O4S. The summed E-state index contributed by atoms with van der Waals surface area (Å²) in [5.74, 6) is 1.40. The van der Waals surface area contributed by atoms with E-state index in [1.54, 1.807) is 31.1 Å². The Morgan fingerprint density at radius 2 is 2.41 bits per heavy atom. The van der Waals surface area contributed by atoms with E-state index in [1.807, 2.05) is 16.7 Å². The maximum absolute atomic E-state index is 11.3. The zero-order valence-corrected chi connectivity index (χ0v) is 13.3. The Balaban J connectivity index is 1.90. The maximum atomic E-state index is 11.3. The van der Waals surface area contributed by atoms with Crippen LogP contribution in [0, 0.1) is 0 Å². The number of esters is 1. The number of aliphatic hydroxyl groups excluding tert-OH is 1. The fourth-order valence-corrected chi connectivity index (χ4v) is 2.91. The Bertz CT molecular complexity index is 580. The minimum absolute atomic E-state index is 0.0723. The SMILES string of the molecule is CCOC(=O)CCCSc1ncc(CO)n1Cc1ccco1. The molecule has 0 saturated carbocycles. The van der Waals surface area contributed by atoms with Crippen molar-refractivity contribution in [3.63, 3.8) is 0 Å². The molecule has 6 nitrogen and oxygen atoms in total. The summed E-state index contributed by atoms with van der Waals surface area (Å²) in [7, 11) is 0. The molecule has 2 aromatic heterocycles. The van der Waals surface area contributed by atoms with Gasteiger partial charge in [-0.2, -0.15) is 0 Å². The average Bonchev–Trinajstić information content (AvgIpc) is 3.14. The number of nitrogens with zero attached hydrogens (tertiary/aromatic N) is 2. The normalized spacial score (nSPS) is 10.8. The van der Waals surface area contributed by atoms with E-state index in [-0.39, 0.29) is 12.6 Å². The van der Waals surface area contributed by atoms with Crippen molar-refractivity contribution in [1.82, 2.24) is 9.55 Å². The van der Waals surface area contributed by atoms with Crippen molar-refractivity contribution in [1.29, 1.82) is 0 Å². The molecule has 0 aliphatic heterocycles. The molecule has 2 heterocycles. The van der Waals surface area contributed by atoms with Crippen LogP contribution in [-0.2, 0) is 22.7 Å². The van der Waals surface area contributed by atoms with Crippen molar-refractivity contribution < 1.29 is 19.1 Å². The van der Waals surface area contributed by atoms with E-state index in [2.05, 4.69) is 4.98 Å². The van der Waals surface area contributed by atoms with Gasteiger partial charge in [-0.25, -0.2) is 4.98 Å². The highest BCUT2D eigenvalue weighted by Gasteiger charge is 2.12. The molecule has 0 aliphatic rings. The topological polar surface area (TPSA) is 77.5 Å². The van der Waals surface area contributed by atoms with Gasteiger partial charge in [0.25, 0.3) is 0 Å². The number of hydrogen-bond acceptors (Lipinski definition) is 6. The number of imidazole rings is 1. The van der Waals surface area contributed by atoms with Crippen molar-refractivity contribution in [3.8, 4) is 0 Å². The van der Waals surface area contributed by atoms with Crippen LogP contribution in [-0.4, -0.2) is 33.0 Å². The fraction of sp³-hybridized carbons (Fsp3) is 0.467. The smallest absolute Gasteiger partial charge is 0.305 e. The van der Waals surface area contributed by atoms with Gasteiger partial charge >= 0.3 is 5.97 Å². The number of rotatable bonds is 9. The molecule has 2 rings (SSSR count). The van der Waals surface area contributed by atoms with Gasteiger partial charge in [-0.1, -0.05) is 11.8 Å². The lowest BCUT2D eigenvalue weighted by Gasteiger charge is -2.09. The largest absolute Gasteiger partial charge is 0.467 e. The molecule has 0 spiro atoms. The standard InChI is InChI=1S/C15H20N2O4S/c1-2-20-14(19)6-4-8-22-15-16-9-12(11-18)17(15)10-13-5-3-7-21-13/h3,5,7,9,18H,2,4,6,8,10-11H2,1H3. The summed E-state index contributed by atoms with van der Waals surface area (Å²) in [5.41, 5.74) is 0.740. The number of thioether (sulfide) groups is 1. The van der Waals surface area contributed by atoms with Gasteiger partial charge in [0.15, 0.2) is 5.16 Å². The average molecular weight is 324 g/mol. The van der Waals surface area contributed by atoms with Crippen molar-refractivity contribution in [2.45, 2.75) is 38.1 Å². The predicted molar refractivity (Wildman–Crippen MR) is 82.6 cm³/mol. The summed E-state index contributed by atoms with van der Waals surface area (Å²) < 4.78 is 12.2. The van der Waals surface area contributed by atoms with E-state index in [1.165, 1.54) is 0 Å². The number of ether oxygens (including phenoxy) is 1. The fourth-order valence-electron chi connectivity index (χ4n) is 1.97. The summed E-state index contributed by atoms with van der Waals surface area (Å²) in [6.07, 6.45) is 4.42. The Morgan fingerprint density at radius 1 is 1.55 bits per heavy atom. The molecule has 0 bridgehead atoms. The summed E-state index contributed by atoms with van der Waals surface area (Å²) in [4.78, 5) is 15.6. The van der Waals surface area contributed by atoms with Crippen LogP contribution in [0.3, 0.4) is 0 Å². The first kappa shape index (κ1) is 16.6. The number of carbonyl (C=O) groups excluding carboxylic acids is 1. The first-order chi connectivity index (χ1) is 10.7. The molecule has 0 radical (unpaired) electrons. The Labute approximate surface area is 133 Å². The number of furan rings is 1. The van der Waals surface area contributed by atoms with Crippen molar-refractivity contribution in [2.24, 2.45) is 0 Å². The number of hydrogen-bond donors (Lipinski definition) is 1. The van der Waals surface area contributed by atoms with Crippen molar-refractivity contribution in [2.75, 3.05) is 12.4 Å². The van der Waals surface area contributed by atoms with E-state index >= 15 is 0 Å². The minimum Gasteiger partial charge on any atom is -0.467 e. The zero-order chi connectivity index (χ0) is 15.8. The molecule has 120 valence electrons. The van der Waals surface area contributed by atoms with Gasteiger partial charge in [-0.15, -0.1) is 0 Å². The third kappa shape index (κ3) is 4.64. The second-order valence-electron chi connectivity index (χ2n) is 4.61. The van der Waals surface area contributed by atoms with Crippen molar-refractivity contribution >= 4 is 17.7 Å². The zero-order valence-electron chi connectivity index (χ0n) is 12.5. The van der Waals surface area contributed by atoms with Crippen LogP contribution in [0.25, 0.3) is 0 Å². The molecular weight excluding hydrogens is 304 g/mol. The van der Waals surface area contributed by atoms with Gasteiger partial charge in [-0.3, -0.25) is 4.79 Å². The molecule has 0 unspecified atom stereocenters. The van der Waals surface area contributed by atoms with E-state index in [0.717, 1.165) is 28.8 Å². The lowest BCUT2D eigenvalue weighted by molar-refractivity contribution is -0.143. The minimum atomic E-state index is -0.168. The Morgan fingerprint density at radius 3 is 3.09 bits per heavy atom. The van der Waals surface area contributed by atoms with Gasteiger partial charge < -0.3 is 18.8 Å². The third-order valence-electron chi connectivity index (χ3n) is 3.02. The second-order valence-corrected chi connectivity index (χ2v) is 5.67. The van der Waals surface area contributed by atoms with Crippen LogP contribution in [0.5, 0.6) is 0 Å². The van der Waals surface area contributed by atoms with Crippen LogP contribution in [0.15, 0.2) is 34.2 Å². The molecule has 0 fully saturated rings. The quantitative estimate of drug-likeness (QED) is 0.434. The van der Waals surface area contributed by atoms with E-state index in [4.69, 9.17) is 9.15 Å². The van der Waals surface area contributed by atoms with Gasteiger partial charge in [0.05, 0.1) is 37.9 Å². The molecule has 0 saturated heterocycles. The highest BCUT2D eigenvalue weighted by Crippen LogP contribution is 2.21. The Hall–Kier alpha value is -1.73. The van der Waals surface area contributed by atoms with Crippen LogP contribution < -0.4 is 0 Å². The predicted octanol–water partition coefficient (Wildman–Crippen LogP) is 2.45. The molecule has 22 heavy (non-hydrogen) atoms. The molecule has 0 atom stereocenters. The molecule has 0 aliphatic carbocycles. The van der Waals surface area contributed by atoms with Gasteiger partial charge in [0, 0.05) is 12.2 Å². The van der Waals surface area contributed by atoms with E-state index in [0.29, 0.717) is 19.6 Å². The molecule has 0 aromatic carbocycles. The molecule has 1 N–H and O–H groups in total. The monoisotopic (exact) mass is 324 g/mol. The van der Waals surface area contributed by atoms with E-state index < -0.39 is 0 Å². The lowest BCUT2D eigenvalue weighted by atomic mass is 10.3. The summed E-state index contributed by atoms with van der Waals surface area (Å²) in [5, 5.41) is 10.2. The summed E-state index contributed by atoms with van der Waals surface area (Å²) in [6.45, 7) is 2.67. The first-order valence-corrected chi connectivity index (χ1v) is 8.19. The summed E-state index contributed by atoms with van der Waals surface area (Å²) in [6, 6.07) is 3.72. The second kappa shape index (κ2) is 8.65. The first-order valence-electron chi connectivity index (χ1n) is 7.20. The molecule has 0 amide bonds. The van der Waals surface area contributed by atoms with Crippen LogP contribution in [0.1, 0.15) is 31.2 Å². The van der Waals surface area contributed by atoms with Gasteiger partial charge in [0.1, 0.15) is 5.76 Å². The molecule has 7 heteroatoms. The maximum Gasteiger partial charge on any atom is 0.305 e. The van der Waals surface area contributed by atoms with Crippen LogP contribution >= 0.6 is 11.8 Å². The number of aromatic nitrogens is 2. The summed E-state index contributed by atoms with van der Waals surface area (Å²) >= 11 is 1.56. The Kier molecular flexibility index (Phi) is 6.54. The number of aliphatic hydroxyl groups is 1. The van der Waals surface area contributed by atoms with Gasteiger partial charge in [0.2, 0.25) is 0 Å².